The number of aromatic hydroxyl groups is 1. The second-order valence-corrected chi connectivity index (χ2v) is 2.23. The van der Waals surface area contributed by atoms with Crippen LogP contribution in [-0.4, -0.2) is 16.3 Å². The molecule has 0 saturated heterocycles. The number of nitro benzene ring substituents is 1. The van der Waals surface area contributed by atoms with E-state index in [9.17, 15) is 19.3 Å². The fourth-order valence-corrected chi connectivity index (χ4v) is 0.861. The highest BCUT2D eigenvalue weighted by Crippen LogP contribution is 2.26. The molecule has 1 N–H and O–H groups in total. The number of halogens is 1. The average molecular weight is 185 g/mol. The zero-order valence-corrected chi connectivity index (χ0v) is 6.23. The van der Waals surface area contributed by atoms with Crippen molar-refractivity contribution in [3.63, 3.8) is 0 Å². The molecule has 0 aromatic heterocycles. The van der Waals surface area contributed by atoms with Crippen molar-refractivity contribution in [1.82, 2.24) is 0 Å². The maximum Gasteiger partial charge on any atom is 0.286 e. The number of carbonyl (C=O) groups is 1. The third-order valence-corrected chi connectivity index (χ3v) is 1.42. The van der Waals surface area contributed by atoms with E-state index in [0.717, 1.165) is 0 Å². The van der Waals surface area contributed by atoms with Gasteiger partial charge < -0.3 is 5.11 Å². The molecule has 0 heterocycles. The van der Waals surface area contributed by atoms with Crippen molar-refractivity contribution in [2.45, 2.75) is 0 Å². The van der Waals surface area contributed by atoms with Crippen molar-refractivity contribution in [1.29, 1.82) is 0 Å². The van der Waals surface area contributed by atoms with Gasteiger partial charge in [0.2, 0.25) is 0 Å². The van der Waals surface area contributed by atoms with Crippen LogP contribution in [0, 0.1) is 15.9 Å². The summed E-state index contributed by atoms with van der Waals surface area (Å²) in [5.74, 6) is -1.70. The van der Waals surface area contributed by atoms with Crippen molar-refractivity contribution in [2.24, 2.45) is 0 Å². The summed E-state index contributed by atoms with van der Waals surface area (Å²) in [6, 6.07) is 1.21. The Hall–Kier alpha value is -1.98. The SMILES string of the molecule is O=Cc1c(O)cc(F)cc1[N+](=O)[O-]. The van der Waals surface area contributed by atoms with Crippen LogP contribution in [-0.2, 0) is 0 Å². The Morgan fingerprint density at radius 3 is 2.62 bits per heavy atom. The number of carbonyl (C=O) groups excluding carboxylic acids is 1. The molecule has 0 aliphatic heterocycles. The van der Waals surface area contributed by atoms with Crippen LogP contribution in [0.1, 0.15) is 10.4 Å². The number of hydrogen-bond donors (Lipinski definition) is 1. The Bertz CT molecular complexity index is 377. The molecule has 1 rings (SSSR count). The molecule has 13 heavy (non-hydrogen) atoms. The van der Waals surface area contributed by atoms with Crippen LogP contribution in [0.5, 0.6) is 5.75 Å². The zero-order chi connectivity index (χ0) is 10.0. The van der Waals surface area contributed by atoms with Crippen molar-refractivity contribution in [3.05, 3.63) is 33.6 Å². The van der Waals surface area contributed by atoms with Gasteiger partial charge in [0, 0.05) is 6.07 Å². The van der Waals surface area contributed by atoms with Gasteiger partial charge in [-0.25, -0.2) is 4.39 Å². The Labute approximate surface area is 71.6 Å². The third kappa shape index (κ3) is 1.61. The summed E-state index contributed by atoms with van der Waals surface area (Å²) in [5, 5.41) is 19.2. The molecule has 0 bridgehead atoms. The van der Waals surface area contributed by atoms with Crippen LogP contribution in [0.25, 0.3) is 0 Å². The van der Waals surface area contributed by atoms with E-state index in [1.165, 1.54) is 0 Å². The minimum atomic E-state index is -0.963. The second kappa shape index (κ2) is 3.18. The second-order valence-electron chi connectivity index (χ2n) is 2.23. The highest BCUT2D eigenvalue weighted by Gasteiger charge is 2.18. The number of aldehydes is 1. The van der Waals surface area contributed by atoms with E-state index in [0.29, 0.717) is 12.1 Å². The molecule has 0 fully saturated rings. The molecule has 0 saturated carbocycles. The zero-order valence-electron chi connectivity index (χ0n) is 6.23. The van der Waals surface area contributed by atoms with Gasteiger partial charge >= 0.3 is 0 Å². The highest BCUT2D eigenvalue weighted by molar-refractivity contribution is 5.85. The Kier molecular flexibility index (Phi) is 2.23. The van der Waals surface area contributed by atoms with Gasteiger partial charge in [-0.15, -0.1) is 0 Å². The Balaban J connectivity index is 3.46. The van der Waals surface area contributed by atoms with E-state index in [2.05, 4.69) is 0 Å². The first-order valence-electron chi connectivity index (χ1n) is 3.18. The lowest BCUT2D eigenvalue weighted by Crippen LogP contribution is -1.95. The summed E-state index contributed by atoms with van der Waals surface area (Å²) >= 11 is 0. The summed E-state index contributed by atoms with van der Waals surface area (Å²) in [5.41, 5.74) is -1.26. The van der Waals surface area contributed by atoms with E-state index in [1.54, 1.807) is 0 Å². The van der Waals surface area contributed by atoms with Gasteiger partial charge in [-0.05, 0) is 0 Å². The first-order valence-corrected chi connectivity index (χ1v) is 3.18. The molecular formula is C7H4FNO4. The Morgan fingerprint density at radius 2 is 2.15 bits per heavy atom. The normalized spacial score (nSPS) is 9.62. The summed E-state index contributed by atoms with van der Waals surface area (Å²) in [4.78, 5) is 19.6. The molecular weight excluding hydrogens is 181 g/mol. The number of nitro groups is 1. The van der Waals surface area contributed by atoms with E-state index in [4.69, 9.17) is 5.11 Å². The molecule has 68 valence electrons. The fraction of sp³-hybridized carbons (Fsp3) is 0. The maximum atomic E-state index is 12.5. The lowest BCUT2D eigenvalue weighted by atomic mass is 10.2. The van der Waals surface area contributed by atoms with Gasteiger partial charge in [0.05, 0.1) is 11.0 Å². The molecule has 5 nitrogen and oxygen atoms in total. The number of nitrogens with zero attached hydrogens (tertiary/aromatic N) is 1. The molecule has 0 radical (unpaired) electrons. The molecule has 0 unspecified atom stereocenters. The van der Waals surface area contributed by atoms with Gasteiger partial charge in [0.25, 0.3) is 5.69 Å². The van der Waals surface area contributed by atoms with Crippen LogP contribution in [0.15, 0.2) is 12.1 Å². The number of rotatable bonds is 2. The van der Waals surface area contributed by atoms with Crippen LogP contribution >= 0.6 is 0 Å². The summed E-state index contributed by atoms with van der Waals surface area (Å²) in [6.07, 6.45) is 0.104. The number of hydrogen-bond acceptors (Lipinski definition) is 4. The predicted molar refractivity (Wildman–Crippen MR) is 40.1 cm³/mol. The third-order valence-electron chi connectivity index (χ3n) is 1.42. The minimum absolute atomic E-state index is 0.104. The van der Waals surface area contributed by atoms with Crippen LogP contribution in [0.4, 0.5) is 10.1 Å². The molecule has 6 heteroatoms. The highest BCUT2D eigenvalue weighted by atomic mass is 19.1. The van der Waals surface area contributed by atoms with E-state index >= 15 is 0 Å². The van der Waals surface area contributed by atoms with Gasteiger partial charge in [-0.2, -0.15) is 0 Å². The van der Waals surface area contributed by atoms with Crippen molar-refractivity contribution in [3.8, 4) is 5.75 Å². The van der Waals surface area contributed by atoms with Gasteiger partial charge in [-0.1, -0.05) is 0 Å². The summed E-state index contributed by atoms with van der Waals surface area (Å²) in [6.45, 7) is 0. The van der Waals surface area contributed by atoms with E-state index in [1.807, 2.05) is 0 Å². The quantitative estimate of drug-likeness (QED) is 0.427. The van der Waals surface area contributed by atoms with Gasteiger partial charge in [0.1, 0.15) is 17.1 Å². The molecule has 0 spiro atoms. The standard InChI is InChI=1S/C7H4FNO4/c8-4-1-6(9(12)13)5(3-10)7(11)2-4/h1-3,11H. The van der Waals surface area contributed by atoms with Crippen LogP contribution in [0.3, 0.4) is 0 Å². The number of phenols is 1. The lowest BCUT2D eigenvalue weighted by molar-refractivity contribution is -0.385. The number of phenolic OH excluding ortho intramolecular Hbond substituents is 1. The van der Waals surface area contributed by atoms with Crippen molar-refractivity contribution < 1.29 is 19.2 Å². The molecule has 0 amide bonds. The Morgan fingerprint density at radius 1 is 1.54 bits per heavy atom. The first-order chi connectivity index (χ1) is 6.06. The molecule has 0 aliphatic carbocycles. The van der Waals surface area contributed by atoms with Crippen LogP contribution in [0.2, 0.25) is 0 Å². The lowest BCUT2D eigenvalue weighted by Gasteiger charge is -1.98. The smallest absolute Gasteiger partial charge is 0.286 e. The van der Waals surface area contributed by atoms with Crippen LogP contribution < -0.4 is 0 Å². The largest absolute Gasteiger partial charge is 0.507 e. The van der Waals surface area contributed by atoms with Gasteiger partial charge in [0.15, 0.2) is 6.29 Å². The minimum Gasteiger partial charge on any atom is -0.507 e. The molecule has 0 atom stereocenters. The fourth-order valence-electron chi connectivity index (χ4n) is 0.861. The molecule has 1 aromatic rings. The van der Waals surface area contributed by atoms with Crippen molar-refractivity contribution >= 4 is 12.0 Å². The van der Waals surface area contributed by atoms with E-state index in [-0.39, 0.29) is 6.29 Å². The van der Waals surface area contributed by atoms with Gasteiger partial charge in [-0.3, -0.25) is 14.9 Å². The topological polar surface area (TPSA) is 80.4 Å². The first kappa shape index (κ1) is 9.11. The molecule has 1 aromatic carbocycles. The van der Waals surface area contributed by atoms with Crippen molar-refractivity contribution in [2.75, 3.05) is 0 Å². The predicted octanol–water partition coefficient (Wildman–Crippen LogP) is 1.25. The molecule has 0 aliphatic rings. The average Bonchev–Trinajstić information content (AvgIpc) is 2.02. The van der Waals surface area contributed by atoms with E-state index < -0.39 is 27.7 Å². The summed E-state index contributed by atoms with van der Waals surface area (Å²) < 4.78 is 12.5. The maximum absolute atomic E-state index is 12.5. The summed E-state index contributed by atoms with van der Waals surface area (Å²) in [7, 11) is 0. The number of benzene rings is 1. The monoisotopic (exact) mass is 185 g/mol.